The van der Waals surface area contributed by atoms with Crippen LogP contribution >= 0.6 is 12.4 Å². The molecule has 3 rings (SSSR count). The van der Waals surface area contributed by atoms with Gasteiger partial charge in [-0.2, -0.15) is 4.31 Å². The van der Waals surface area contributed by atoms with E-state index in [4.69, 9.17) is 0 Å². The fourth-order valence-corrected chi connectivity index (χ4v) is 4.44. The van der Waals surface area contributed by atoms with Gasteiger partial charge in [-0.15, -0.1) is 12.4 Å². The summed E-state index contributed by atoms with van der Waals surface area (Å²) in [6.45, 7) is 4.96. The highest BCUT2D eigenvalue weighted by Crippen LogP contribution is 2.19. The van der Waals surface area contributed by atoms with Crippen molar-refractivity contribution in [1.82, 2.24) is 14.5 Å². The molecule has 21 heavy (non-hydrogen) atoms. The Balaban J connectivity index is 0.00000161. The molecule has 0 aromatic heterocycles. The van der Waals surface area contributed by atoms with Crippen molar-refractivity contribution in [2.24, 2.45) is 0 Å². The number of halogens is 1. The zero-order chi connectivity index (χ0) is 14.0. The van der Waals surface area contributed by atoms with Crippen LogP contribution in [0.4, 0.5) is 0 Å². The molecule has 1 aromatic rings. The summed E-state index contributed by atoms with van der Waals surface area (Å²) >= 11 is 0. The Morgan fingerprint density at radius 2 is 1.71 bits per heavy atom. The van der Waals surface area contributed by atoms with Gasteiger partial charge in [-0.3, -0.25) is 4.90 Å². The Morgan fingerprint density at radius 3 is 2.29 bits per heavy atom. The number of nitrogens with zero attached hydrogens (tertiary/aromatic N) is 2. The zero-order valence-corrected chi connectivity index (χ0v) is 13.6. The minimum absolute atomic E-state index is 0. The topological polar surface area (TPSA) is 52.7 Å². The van der Waals surface area contributed by atoms with E-state index in [1.165, 1.54) is 6.42 Å². The third kappa shape index (κ3) is 3.57. The number of nitrogens with one attached hydrogen (secondary N) is 1. The van der Waals surface area contributed by atoms with Crippen molar-refractivity contribution < 1.29 is 8.42 Å². The third-order valence-electron chi connectivity index (χ3n) is 4.20. The van der Waals surface area contributed by atoms with E-state index in [-0.39, 0.29) is 12.4 Å². The van der Waals surface area contributed by atoms with Gasteiger partial charge in [-0.1, -0.05) is 18.2 Å². The van der Waals surface area contributed by atoms with Crippen LogP contribution in [0.15, 0.2) is 35.2 Å². The summed E-state index contributed by atoms with van der Waals surface area (Å²) in [5, 5.41) is 3.36. The largest absolute Gasteiger partial charge is 0.315 e. The van der Waals surface area contributed by atoms with Crippen LogP contribution in [0.1, 0.15) is 6.42 Å². The fourth-order valence-electron chi connectivity index (χ4n) is 3.00. The Labute approximate surface area is 132 Å². The molecule has 7 heteroatoms. The molecule has 1 atom stereocenters. The van der Waals surface area contributed by atoms with Gasteiger partial charge >= 0.3 is 0 Å². The van der Waals surface area contributed by atoms with E-state index in [1.54, 1.807) is 28.6 Å². The number of hydrogen-bond donors (Lipinski definition) is 1. The van der Waals surface area contributed by atoms with E-state index >= 15 is 0 Å². The van der Waals surface area contributed by atoms with Gasteiger partial charge in [0.1, 0.15) is 0 Å². The minimum Gasteiger partial charge on any atom is -0.315 e. The molecule has 2 heterocycles. The van der Waals surface area contributed by atoms with Crippen LogP contribution in [-0.4, -0.2) is 62.9 Å². The maximum atomic E-state index is 12.5. The van der Waals surface area contributed by atoms with Crippen molar-refractivity contribution in [1.29, 1.82) is 0 Å². The van der Waals surface area contributed by atoms with Crippen LogP contribution in [0.5, 0.6) is 0 Å². The van der Waals surface area contributed by atoms with E-state index < -0.39 is 10.0 Å². The van der Waals surface area contributed by atoms with E-state index in [1.807, 2.05) is 6.07 Å². The van der Waals surface area contributed by atoms with E-state index in [9.17, 15) is 8.42 Å². The summed E-state index contributed by atoms with van der Waals surface area (Å²) in [5.41, 5.74) is 0. The molecular formula is C14H22ClN3O2S. The zero-order valence-electron chi connectivity index (χ0n) is 11.9. The summed E-state index contributed by atoms with van der Waals surface area (Å²) in [6, 6.07) is 9.30. The number of rotatable bonds is 3. The van der Waals surface area contributed by atoms with Crippen molar-refractivity contribution in [2.75, 3.05) is 39.3 Å². The average Bonchev–Trinajstić information content (AvgIpc) is 3.02. The highest BCUT2D eigenvalue weighted by atomic mass is 35.5. The summed E-state index contributed by atoms with van der Waals surface area (Å²) in [7, 11) is -3.32. The van der Waals surface area contributed by atoms with Gasteiger partial charge < -0.3 is 5.32 Å². The van der Waals surface area contributed by atoms with Gasteiger partial charge in [0, 0.05) is 38.8 Å². The van der Waals surface area contributed by atoms with Crippen molar-refractivity contribution in [2.45, 2.75) is 17.4 Å². The average molecular weight is 332 g/mol. The molecule has 5 nitrogen and oxygen atoms in total. The Bertz CT molecular complexity index is 539. The van der Waals surface area contributed by atoms with Crippen LogP contribution in [0.3, 0.4) is 0 Å². The van der Waals surface area contributed by atoms with Gasteiger partial charge in [-0.05, 0) is 25.1 Å². The maximum absolute atomic E-state index is 12.5. The standard InChI is InChI=1S/C14H21N3O2S.ClH/c18-20(19,14-4-2-1-3-5-14)17-10-8-16(9-11-17)13-6-7-15-12-13;/h1-5,13,15H,6-12H2;1H. The lowest BCUT2D eigenvalue weighted by Crippen LogP contribution is -2.52. The van der Waals surface area contributed by atoms with Gasteiger partial charge in [0.05, 0.1) is 4.90 Å². The quantitative estimate of drug-likeness (QED) is 0.889. The van der Waals surface area contributed by atoms with Gasteiger partial charge in [0.25, 0.3) is 0 Å². The molecule has 0 spiro atoms. The number of piperazine rings is 1. The Hall–Kier alpha value is -0.660. The normalized spacial score (nSPS) is 24.7. The lowest BCUT2D eigenvalue weighted by molar-refractivity contribution is 0.145. The minimum atomic E-state index is -3.32. The molecule has 0 bridgehead atoms. The molecule has 2 fully saturated rings. The predicted molar refractivity (Wildman–Crippen MR) is 85.3 cm³/mol. The highest BCUT2D eigenvalue weighted by molar-refractivity contribution is 7.89. The molecule has 2 saturated heterocycles. The molecule has 118 valence electrons. The van der Waals surface area contributed by atoms with E-state index in [0.29, 0.717) is 24.0 Å². The Kier molecular flexibility index (Phi) is 5.62. The molecule has 1 aromatic carbocycles. The second kappa shape index (κ2) is 7.07. The number of sulfonamides is 1. The van der Waals surface area contributed by atoms with Gasteiger partial charge in [-0.25, -0.2) is 8.42 Å². The lowest BCUT2D eigenvalue weighted by atomic mass is 10.2. The number of hydrogen-bond acceptors (Lipinski definition) is 4. The second-order valence-corrected chi connectivity index (χ2v) is 7.34. The molecule has 1 unspecified atom stereocenters. The summed E-state index contributed by atoms with van der Waals surface area (Å²) in [5.74, 6) is 0. The van der Waals surface area contributed by atoms with Crippen molar-refractivity contribution in [3.05, 3.63) is 30.3 Å². The molecule has 0 aliphatic carbocycles. The highest BCUT2D eigenvalue weighted by Gasteiger charge is 2.31. The first kappa shape index (κ1) is 16.7. The monoisotopic (exact) mass is 331 g/mol. The number of benzene rings is 1. The van der Waals surface area contributed by atoms with Crippen LogP contribution in [-0.2, 0) is 10.0 Å². The van der Waals surface area contributed by atoms with Crippen molar-refractivity contribution in [3.63, 3.8) is 0 Å². The fraction of sp³-hybridized carbons (Fsp3) is 0.571. The van der Waals surface area contributed by atoms with Gasteiger partial charge in [0.2, 0.25) is 10.0 Å². The van der Waals surface area contributed by atoms with E-state index in [2.05, 4.69) is 10.2 Å². The van der Waals surface area contributed by atoms with Crippen molar-refractivity contribution in [3.8, 4) is 0 Å². The second-order valence-electron chi connectivity index (χ2n) is 5.40. The predicted octanol–water partition coefficient (Wildman–Crippen LogP) is 0.777. The molecule has 2 aliphatic heterocycles. The molecule has 0 amide bonds. The SMILES string of the molecule is Cl.O=S(=O)(c1ccccc1)N1CCN(C2CCNC2)CC1. The van der Waals surface area contributed by atoms with Crippen LogP contribution < -0.4 is 5.32 Å². The Morgan fingerprint density at radius 1 is 1.05 bits per heavy atom. The maximum Gasteiger partial charge on any atom is 0.243 e. The summed E-state index contributed by atoms with van der Waals surface area (Å²) in [6.07, 6.45) is 1.17. The third-order valence-corrected chi connectivity index (χ3v) is 6.12. The van der Waals surface area contributed by atoms with E-state index in [0.717, 1.165) is 26.2 Å². The van der Waals surface area contributed by atoms with Crippen LogP contribution in [0.25, 0.3) is 0 Å². The smallest absolute Gasteiger partial charge is 0.243 e. The van der Waals surface area contributed by atoms with Gasteiger partial charge in [0.15, 0.2) is 0 Å². The van der Waals surface area contributed by atoms with Crippen LogP contribution in [0.2, 0.25) is 0 Å². The van der Waals surface area contributed by atoms with Crippen LogP contribution in [0, 0.1) is 0 Å². The lowest BCUT2D eigenvalue weighted by Gasteiger charge is -2.37. The molecular weight excluding hydrogens is 310 g/mol. The van der Waals surface area contributed by atoms with Crippen molar-refractivity contribution >= 4 is 22.4 Å². The molecule has 1 N–H and O–H groups in total. The molecule has 0 saturated carbocycles. The molecule has 0 radical (unpaired) electrons. The first-order valence-corrected chi connectivity index (χ1v) is 8.62. The molecule has 2 aliphatic rings. The first-order valence-electron chi connectivity index (χ1n) is 7.18. The first-order chi connectivity index (χ1) is 9.68. The summed E-state index contributed by atoms with van der Waals surface area (Å²) in [4.78, 5) is 2.81. The summed E-state index contributed by atoms with van der Waals surface area (Å²) < 4.78 is 26.6.